The Bertz CT molecular complexity index is 610. The summed E-state index contributed by atoms with van der Waals surface area (Å²) < 4.78 is 5.80. The Morgan fingerprint density at radius 3 is 2.36 bits per heavy atom. The SMILES string of the molecule is CC(C)(C)OC(=O)NC1CCC(N(C(=O)O)c2ccc(Br)nn2)CC1. The summed E-state index contributed by atoms with van der Waals surface area (Å²) in [5, 5.41) is 20.2. The number of aromatic nitrogens is 2. The summed E-state index contributed by atoms with van der Waals surface area (Å²) in [5.41, 5.74) is -0.540. The monoisotopic (exact) mass is 414 g/mol. The molecule has 8 nitrogen and oxygen atoms in total. The van der Waals surface area contributed by atoms with Gasteiger partial charge in [-0.05, 0) is 74.5 Å². The van der Waals surface area contributed by atoms with Crippen molar-refractivity contribution in [3.63, 3.8) is 0 Å². The molecule has 2 amide bonds. The molecule has 1 aromatic rings. The molecule has 1 aliphatic carbocycles. The van der Waals surface area contributed by atoms with Gasteiger partial charge in [-0.2, -0.15) is 0 Å². The predicted octanol–water partition coefficient (Wildman–Crippen LogP) is 3.56. The van der Waals surface area contributed by atoms with Crippen molar-refractivity contribution < 1.29 is 19.4 Å². The fourth-order valence-corrected chi connectivity index (χ4v) is 3.04. The maximum Gasteiger partial charge on any atom is 0.413 e. The molecule has 9 heteroatoms. The van der Waals surface area contributed by atoms with Crippen LogP contribution in [0, 0.1) is 0 Å². The lowest BCUT2D eigenvalue weighted by Gasteiger charge is -2.34. The fourth-order valence-electron chi connectivity index (χ4n) is 2.83. The van der Waals surface area contributed by atoms with Gasteiger partial charge in [0.15, 0.2) is 5.82 Å². The molecular formula is C16H23BrN4O4. The lowest BCUT2D eigenvalue weighted by molar-refractivity contribution is 0.0490. The van der Waals surface area contributed by atoms with E-state index in [4.69, 9.17) is 4.74 Å². The van der Waals surface area contributed by atoms with Gasteiger partial charge >= 0.3 is 12.2 Å². The molecule has 0 aliphatic heterocycles. The number of amides is 2. The van der Waals surface area contributed by atoms with E-state index < -0.39 is 17.8 Å². The summed E-state index contributed by atoms with van der Waals surface area (Å²) >= 11 is 3.19. The van der Waals surface area contributed by atoms with Crippen molar-refractivity contribution in [3.8, 4) is 0 Å². The highest BCUT2D eigenvalue weighted by Crippen LogP contribution is 2.27. The second-order valence-corrected chi connectivity index (χ2v) is 7.83. The number of carboxylic acid groups (broad SMARTS) is 1. The second kappa shape index (κ2) is 7.99. The lowest BCUT2D eigenvalue weighted by atomic mass is 9.90. The Morgan fingerprint density at radius 1 is 1.24 bits per heavy atom. The maximum absolute atomic E-state index is 11.8. The van der Waals surface area contributed by atoms with E-state index in [0.29, 0.717) is 36.1 Å². The number of nitrogens with zero attached hydrogens (tertiary/aromatic N) is 3. The summed E-state index contributed by atoms with van der Waals surface area (Å²) in [7, 11) is 0. The van der Waals surface area contributed by atoms with Crippen molar-refractivity contribution >= 4 is 33.9 Å². The van der Waals surface area contributed by atoms with Gasteiger partial charge in [0.2, 0.25) is 0 Å². The topological polar surface area (TPSA) is 105 Å². The highest BCUT2D eigenvalue weighted by atomic mass is 79.9. The molecule has 2 N–H and O–H groups in total. The van der Waals surface area contributed by atoms with Crippen LogP contribution in [0.4, 0.5) is 15.4 Å². The molecule has 1 heterocycles. The van der Waals surface area contributed by atoms with Crippen molar-refractivity contribution in [1.29, 1.82) is 0 Å². The molecule has 0 unspecified atom stereocenters. The van der Waals surface area contributed by atoms with Crippen LogP contribution < -0.4 is 10.2 Å². The number of nitrogens with one attached hydrogen (secondary N) is 1. The number of hydrogen-bond donors (Lipinski definition) is 2. The molecule has 25 heavy (non-hydrogen) atoms. The molecule has 1 aliphatic rings. The Balaban J connectivity index is 1.94. The number of anilines is 1. The molecule has 1 saturated carbocycles. The second-order valence-electron chi connectivity index (χ2n) is 7.02. The van der Waals surface area contributed by atoms with Gasteiger partial charge in [0.1, 0.15) is 10.2 Å². The number of hydrogen-bond acceptors (Lipinski definition) is 5. The van der Waals surface area contributed by atoms with Crippen molar-refractivity contribution in [1.82, 2.24) is 15.5 Å². The minimum atomic E-state index is -1.06. The number of carbonyl (C=O) groups is 2. The Morgan fingerprint density at radius 2 is 1.88 bits per heavy atom. The smallest absolute Gasteiger partial charge is 0.413 e. The van der Waals surface area contributed by atoms with Gasteiger partial charge in [0.05, 0.1) is 0 Å². The number of carbonyl (C=O) groups excluding carboxylic acids is 1. The van der Waals surface area contributed by atoms with Gasteiger partial charge in [-0.15, -0.1) is 10.2 Å². The zero-order valence-corrected chi connectivity index (χ0v) is 16.1. The van der Waals surface area contributed by atoms with Gasteiger partial charge < -0.3 is 15.2 Å². The van der Waals surface area contributed by atoms with E-state index in [0.717, 1.165) is 0 Å². The molecule has 0 saturated heterocycles. The molecule has 1 fully saturated rings. The first kappa shape index (κ1) is 19.4. The Labute approximate surface area is 155 Å². The highest BCUT2D eigenvalue weighted by molar-refractivity contribution is 9.10. The predicted molar refractivity (Wildman–Crippen MR) is 95.6 cm³/mol. The van der Waals surface area contributed by atoms with Crippen molar-refractivity contribution in [2.45, 2.75) is 64.1 Å². The van der Waals surface area contributed by atoms with E-state index >= 15 is 0 Å². The highest BCUT2D eigenvalue weighted by Gasteiger charge is 2.32. The van der Waals surface area contributed by atoms with Crippen LogP contribution in [-0.2, 0) is 4.74 Å². The van der Waals surface area contributed by atoms with Crippen LogP contribution in [0.25, 0.3) is 0 Å². The zero-order valence-electron chi connectivity index (χ0n) is 14.5. The Kier molecular flexibility index (Phi) is 6.21. The van der Waals surface area contributed by atoms with Crippen LogP contribution in [0.2, 0.25) is 0 Å². The number of rotatable bonds is 3. The molecule has 0 aromatic carbocycles. The average molecular weight is 415 g/mol. The van der Waals surface area contributed by atoms with Gasteiger partial charge in [-0.1, -0.05) is 0 Å². The maximum atomic E-state index is 11.8. The van der Waals surface area contributed by atoms with E-state index in [1.807, 2.05) is 20.8 Å². The van der Waals surface area contributed by atoms with Crippen LogP contribution in [0.15, 0.2) is 16.7 Å². The lowest BCUT2D eigenvalue weighted by Crippen LogP contribution is -2.47. The van der Waals surface area contributed by atoms with E-state index in [9.17, 15) is 14.7 Å². The third-order valence-corrected chi connectivity index (χ3v) is 4.28. The third-order valence-electron chi connectivity index (χ3n) is 3.85. The standard InChI is InChI=1S/C16H23BrN4O4/c1-16(2,3)25-14(22)18-10-4-6-11(7-5-10)21(15(23)24)13-9-8-12(17)19-20-13/h8-11H,4-7H2,1-3H3,(H,18,22)(H,23,24). The van der Waals surface area contributed by atoms with Gasteiger partial charge in [0.25, 0.3) is 0 Å². The van der Waals surface area contributed by atoms with Crippen LogP contribution in [0.3, 0.4) is 0 Å². The third kappa shape index (κ3) is 5.84. The largest absolute Gasteiger partial charge is 0.465 e. The van der Waals surface area contributed by atoms with Crippen molar-refractivity contribution in [2.75, 3.05) is 4.90 Å². The molecule has 0 radical (unpaired) electrons. The van der Waals surface area contributed by atoms with Crippen molar-refractivity contribution in [3.05, 3.63) is 16.7 Å². The normalized spacial score (nSPS) is 20.6. The molecular weight excluding hydrogens is 392 g/mol. The molecule has 138 valence electrons. The van der Waals surface area contributed by atoms with Crippen LogP contribution in [0.5, 0.6) is 0 Å². The molecule has 0 bridgehead atoms. The van der Waals surface area contributed by atoms with E-state index in [-0.39, 0.29) is 12.1 Å². The van der Waals surface area contributed by atoms with Gasteiger partial charge in [-0.25, -0.2) is 9.59 Å². The summed E-state index contributed by atoms with van der Waals surface area (Å²) in [6.07, 6.45) is 1.12. The van der Waals surface area contributed by atoms with E-state index in [2.05, 4.69) is 31.4 Å². The van der Waals surface area contributed by atoms with Crippen LogP contribution in [-0.4, -0.2) is 45.2 Å². The number of ether oxygens (including phenoxy) is 1. The summed E-state index contributed by atoms with van der Waals surface area (Å²) in [6.45, 7) is 5.44. The van der Waals surface area contributed by atoms with Gasteiger partial charge in [-0.3, -0.25) is 4.90 Å². The summed E-state index contributed by atoms with van der Waals surface area (Å²) in [4.78, 5) is 24.8. The first-order chi connectivity index (χ1) is 11.7. The molecule has 2 rings (SSSR count). The zero-order chi connectivity index (χ0) is 18.6. The fraction of sp³-hybridized carbons (Fsp3) is 0.625. The van der Waals surface area contributed by atoms with Crippen LogP contribution in [0.1, 0.15) is 46.5 Å². The van der Waals surface area contributed by atoms with Gasteiger partial charge in [0, 0.05) is 12.1 Å². The first-order valence-electron chi connectivity index (χ1n) is 8.16. The van der Waals surface area contributed by atoms with E-state index in [1.54, 1.807) is 12.1 Å². The minimum Gasteiger partial charge on any atom is -0.465 e. The minimum absolute atomic E-state index is 0.0160. The quantitative estimate of drug-likeness (QED) is 0.782. The number of alkyl carbamates (subject to hydrolysis) is 1. The number of halogens is 1. The molecule has 0 spiro atoms. The van der Waals surface area contributed by atoms with E-state index in [1.165, 1.54) is 4.90 Å². The molecule has 0 atom stereocenters. The first-order valence-corrected chi connectivity index (χ1v) is 8.96. The Hall–Kier alpha value is -1.90. The van der Waals surface area contributed by atoms with Crippen molar-refractivity contribution in [2.24, 2.45) is 0 Å². The van der Waals surface area contributed by atoms with Crippen LogP contribution >= 0.6 is 15.9 Å². The summed E-state index contributed by atoms with van der Waals surface area (Å²) in [6, 6.07) is 3.08. The average Bonchev–Trinajstić information content (AvgIpc) is 2.49. The molecule has 1 aromatic heterocycles. The summed E-state index contributed by atoms with van der Waals surface area (Å²) in [5.74, 6) is 0.305.